The predicted molar refractivity (Wildman–Crippen MR) is 76.8 cm³/mol. The molecule has 0 saturated carbocycles. The van der Waals surface area contributed by atoms with E-state index in [0.717, 1.165) is 23.4 Å². The van der Waals surface area contributed by atoms with Crippen molar-refractivity contribution in [2.24, 2.45) is 0 Å². The Labute approximate surface area is 115 Å². The number of aromatic nitrogens is 2. The molecule has 0 aliphatic heterocycles. The van der Waals surface area contributed by atoms with Gasteiger partial charge >= 0.3 is 0 Å². The van der Waals surface area contributed by atoms with Gasteiger partial charge in [-0.25, -0.2) is 0 Å². The molecule has 3 heteroatoms. The summed E-state index contributed by atoms with van der Waals surface area (Å²) in [6.07, 6.45) is 12.4. The number of unbranched alkanes of at least 4 members (excludes halogenated alkanes) is 5. The molecule has 0 aliphatic rings. The molecule has 0 atom stereocenters. The summed E-state index contributed by atoms with van der Waals surface area (Å²) < 4.78 is 5.37. The molecule has 0 aromatic carbocycles. The first-order chi connectivity index (χ1) is 9.40. The van der Waals surface area contributed by atoms with E-state index in [4.69, 9.17) is 4.52 Å². The molecule has 2 rings (SSSR count). The van der Waals surface area contributed by atoms with E-state index in [1.807, 2.05) is 24.4 Å². The molecular weight excluding hydrogens is 236 g/mol. The van der Waals surface area contributed by atoms with Crippen molar-refractivity contribution >= 4 is 0 Å². The third kappa shape index (κ3) is 4.51. The number of pyridine rings is 1. The van der Waals surface area contributed by atoms with E-state index in [2.05, 4.69) is 17.1 Å². The maximum atomic E-state index is 5.37. The third-order valence-corrected chi connectivity index (χ3v) is 3.29. The molecule has 0 bridgehead atoms. The van der Waals surface area contributed by atoms with Crippen LogP contribution in [0.15, 0.2) is 35.1 Å². The summed E-state index contributed by atoms with van der Waals surface area (Å²) in [6.45, 7) is 2.24. The van der Waals surface area contributed by atoms with E-state index in [-0.39, 0.29) is 0 Å². The molecule has 102 valence electrons. The lowest BCUT2D eigenvalue weighted by Crippen LogP contribution is -1.83. The van der Waals surface area contributed by atoms with Gasteiger partial charge in [-0.3, -0.25) is 4.98 Å². The molecule has 2 aromatic rings. The van der Waals surface area contributed by atoms with Crippen LogP contribution in [-0.2, 0) is 6.42 Å². The Morgan fingerprint density at radius 1 is 1.11 bits per heavy atom. The van der Waals surface area contributed by atoms with E-state index in [0.29, 0.717) is 0 Å². The van der Waals surface area contributed by atoms with E-state index < -0.39 is 0 Å². The molecule has 0 fully saturated rings. The SMILES string of the molecule is CCCCCCCCc1cc(-c2cccnc2)no1. The van der Waals surface area contributed by atoms with Crippen molar-refractivity contribution in [2.45, 2.75) is 51.9 Å². The normalized spacial score (nSPS) is 10.8. The maximum absolute atomic E-state index is 5.37. The Kier molecular flexibility index (Phi) is 5.60. The number of nitrogens with zero attached hydrogens (tertiary/aromatic N) is 2. The zero-order chi connectivity index (χ0) is 13.3. The van der Waals surface area contributed by atoms with Crippen LogP contribution >= 0.6 is 0 Å². The van der Waals surface area contributed by atoms with Crippen LogP contribution in [0, 0.1) is 0 Å². The minimum absolute atomic E-state index is 0.883. The molecule has 0 aliphatic carbocycles. The molecule has 2 aromatic heterocycles. The zero-order valence-corrected chi connectivity index (χ0v) is 11.6. The first-order valence-electron chi connectivity index (χ1n) is 7.26. The van der Waals surface area contributed by atoms with Gasteiger partial charge in [-0.05, 0) is 18.6 Å². The van der Waals surface area contributed by atoms with E-state index in [1.165, 1.54) is 38.5 Å². The standard InChI is InChI=1S/C16H22N2O/c1-2-3-4-5-6-7-10-15-12-16(18-19-15)14-9-8-11-17-13-14/h8-9,11-13H,2-7,10H2,1H3. The Balaban J connectivity index is 1.75. The fourth-order valence-electron chi connectivity index (χ4n) is 2.16. The van der Waals surface area contributed by atoms with Crippen molar-refractivity contribution in [3.05, 3.63) is 36.4 Å². The van der Waals surface area contributed by atoms with Gasteiger partial charge in [-0.1, -0.05) is 44.2 Å². The van der Waals surface area contributed by atoms with Gasteiger partial charge in [0, 0.05) is 30.4 Å². The van der Waals surface area contributed by atoms with Crippen molar-refractivity contribution < 1.29 is 4.52 Å². The second-order valence-electron chi connectivity index (χ2n) is 4.94. The van der Waals surface area contributed by atoms with Crippen LogP contribution in [0.5, 0.6) is 0 Å². The highest BCUT2D eigenvalue weighted by Gasteiger charge is 2.06. The fourth-order valence-corrected chi connectivity index (χ4v) is 2.16. The van der Waals surface area contributed by atoms with Gasteiger partial charge in [0.2, 0.25) is 0 Å². The van der Waals surface area contributed by atoms with E-state index in [1.54, 1.807) is 6.20 Å². The van der Waals surface area contributed by atoms with Crippen LogP contribution in [0.3, 0.4) is 0 Å². The van der Waals surface area contributed by atoms with Crippen LogP contribution in [0.2, 0.25) is 0 Å². The topological polar surface area (TPSA) is 38.9 Å². The molecule has 0 amide bonds. The lowest BCUT2D eigenvalue weighted by atomic mass is 10.1. The Bertz CT molecular complexity index is 465. The molecule has 19 heavy (non-hydrogen) atoms. The van der Waals surface area contributed by atoms with Gasteiger partial charge in [0.25, 0.3) is 0 Å². The monoisotopic (exact) mass is 258 g/mol. The van der Waals surface area contributed by atoms with Gasteiger partial charge in [0.15, 0.2) is 0 Å². The number of hydrogen-bond donors (Lipinski definition) is 0. The molecule has 0 spiro atoms. The highest BCUT2D eigenvalue weighted by molar-refractivity contribution is 5.57. The average molecular weight is 258 g/mol. The summed E-state index contributed by atoms with van der Waals surface area (Å²) in [4.78, 5) is 4.09. The highest BCUT2D eigenvalue weighted by Crippen LogP contribution is 2.19. The molecule has 3 nitrogen and oxygen atoms in total. The molecule has 2 heterocycles. The highest BCUT2D eigenvalue weighted by atomic mass is 16.5. The van der Waals surface area contributed by atoms with Gasteiger partial charge < -0.3 is 4.52 Å². The number of hydrogen-bond acceptors (Lipinski definition) is 3. The fraction of sp³-hybridized carbons (Fsp3) is 0.500. The average Bonchev–Trinajstić information content (AvgIpc) is 2.92. The van der Waals surface area contributed by atoms with Crippen molar-refractivity contribution in [1.29, 1.82) is 0 Å². The first kappa shape index (κ1) is 13.8. The van der Waals surface area contributed by atoms with Gasteiger partial charge in [0.05, 0.1) is 0 Å². The minimum Gasteiger partial charge on any atom is -0.361 e. The molecular formula is C16H22N2O. The Hall–Kier alpha value is -1.64. The third-order valence-electron chi connectivity index (χ3n) is 3.29. The van der Waals surface area contributed by atoms with E-state index >= 15 is 0 Å². The van der Waals surface area contributed by atoms with Crippen molar-refractivity contribution in [1.82, 2.24) is 10.1 Å². The number of rotatable bonds is 8. The Morgan fingerprint density at radius 2 is 1.95 bits per heavy atom. The zero-order valence-electron chi connectivity index (χ0n) is 11.6. The van der Waals surface area contributed by atoms with Crippen molar-refractivity contribution in [2.75, 3.05) is 0 Å². The summed E-state index contributed by atoms with van der Waals surface area (Å²) in [5.74, 6) is 0.981. The summed E-state index contributed by atoms with van der Waals surface area (Å²) in [7, 11) is 0. The lowest BCUT2D eigenvalue weighted by molar-refractivity contribution is 0.380. The van der Waals surface area contributed by atoms with Gasteiger partial charge in [-0.2, -0.15) is 0 Å². The summed E-state index contributed by atoms with van der Waals surface area (Å²) in [5.41, 5.74) is 1.90. The van der Waals surface area contributed by atoms with Crippen molar-refractivity contribution in [3.8, 4) is 11.3 Å². The largest absolute Gasteiger partial charge is 0.361 e. The predicted octanol–water partition coefficient (Wildman–Crippen LogP) is 4.64. The molecule has 0 radical (unpaired) electrons. The quantitative estimate of drug-likeness (QED) is 0.647. The second-order valence-corrected chi connectivity index (χ2v) is 4.94. The van der Waals surface area contributed by atoms with Crippen LogP contribution in [0.1, 0.15) is 51.2 Å². The smallest absolute Gasteiger partial charge is 0.137 e. The van der Waals surface area contributed by atoms with Crippen molar-refractivity contribution in [3.63, 3.8) is 0 Å². The first-order valence-corrected chi connectivity index (χ1v) is 7.26. The van der Waals surface area contributed by atoms with Gasteiger partial charge in [0.1, 0.15) is 11.5 Å². The summed E-state index contributed by atoms with van der Waals surface area (Å²) in [5, 5.41) is 4.10. The van der Waals surface area contributed by atoms with Crippen LogP contribution in [0.25, 0.3) is 11.3 Å². The molecule has 0 unspecified atom stereocenters. The number of aryl methyl sites for hydroxylation is 1. The summed E-state index contributed by atoms with van der Waals surface area (Å²) >= 11 is 0. The van der Waals surface area contributed by atoms with Crippen LogP contribution in [0.4, 0.5) is 0 Å². The lowest BCUT2D eigenvalue weighted by Gasteiger charge is -1.98. The minimum atomic E-state index is 0.883. The van der Waals surface area contributed by atoms with Crippen LogP contribution < -0.4 is 0 Å². The Morgan fingerprint density at radius 3 is 2.74 bits per heavy atom. The van der Waals surface area contributed by atoms with Gasteiger partial charge in [-0.15, -0.1) is 0 Å². The van der Waals surface area contributed by atoms with Crippen LogP contribution in [-0.4, -0.2) is 10.1 Å². The second kappa shape index (κ2) is 7.72. The summed E-state index contributed by atoms with van der Waals surface area (Å²) in [6, 6.07) is 5.94. The maximum Gasteiger partial charge on any atom is 0.137 e. The molecule has 0 saturated heterocycles. The molecule has 0 N–H and O–H groups in total. The van der Waals surface area contributed by atoms with E-state index in [9.17, 15) is 0 Å².